The van der Waals surface area contributed by atoms with Crippen LogP contribution in [0.4, 0.5) is 16.2 Å². The van der Waals surface area contributed by atoms with Crippen molar-refractivity contribution in [1.29, 1.82) is 0 Å². The number of oxazole rings is 1. The summed E-state index contributed by atoms with van der Waals surface area (Å²) in [6.45, 7) is 1.22. The number of alkyl carbamates (subject to hydrolysis) is 1. The summed E-state index contributed by atoms with van der Waals surface area (Å²) in [5.41, 5.74) is 2.41. The van der Waals surface area contributed by atoms with Crippen molar-refractivity contribution in [2.45, 2.75) is 25.5 Å². The van der Waals surface area contributed by atoms with Crippen molar-refractivity contribution in [2.24, 2.45) is 0 Å². The second-order valence-electron chi connectivity index (χ2n) is 8.00. The molecule has 1 fully saturated rings. The van der Waals surface area contributed by atoms with E-state index in [1.165, 1.54) is 13.5 Å². The summed E-state index contributed by atoms with van der Waals surface area (Å²) in [5, 5.41) is 8.05. The van der Waals surface area contributed by atoms with Crippen molar-refractivity contribution >= 4 is 29.3 Å². The average Bonchev–Trinajstić information content (AvgIpc) is 3.57. The first-order chi connectivity index (χ1) is 17.5. The van der Waals surface area contributed by atoms with E-state index >= 15 is 0 Å². The van der Waals surface area contributed by atoms with Crippen molar-refractivity contribution in [3.05, 3.63) is 60.6 Å². The molecule has 1 aliphatic heterocycles. The average molecular weight is 495 g/mol. The van der Waals surface area contributed by atoms with Crippen LogP contribution in [0.2, 0.25) is 0 Å². The molecule has 2 heterocycles. The van der Waals surface area contributed by atoms with Crippen LogP contribution in [-0.4, -0.2) is 49.3 Å². The molecule has 188 valence electrons. The maximum atomic E-state index is 12.4. The minimum atomic E-state index is -0.526. The Morgan fingerprint density at radius 1 is 1.08 bits per heavy atom. The number of hydrogen-bond acceptors (Lipinski definition) is 8. The Kier molecular flexibility index (Phi) is 8.14. The number of aromatic nitrogens is 1. The Bertz CT molecular complexity index is 1210. The molecular formula is C25H26N4O7. The number of carbonyl (C=O) groups is 3. The fourth-order valence-electron chi connectivity index (χ4n) is 3.61. The lowest BCUT2D eigenvalue weighted by atomic mass is 10.1. The van der Waals surface area contributed by atoms with Crippen molar-refractivity contribution in [3.63, 3.8) is 0 Å². The number of anilines is 2. The van der Waals surface area contributed by atoms with Crippen LogP contribution in [0.5, 0.6) is 5.75 Å². The van der Waals surface area contributed by atoms with Gasteiger partial charge >= 0.3 is 6.09 Å². The zero-order valence-corrected chi connectivity index (χ0v) is 19.6. The number of nitrogens with zero attached hydrogens (tertiary/aromatic N) is 1. The molecule has 11 nitrogen and oxygen atoms in total. The molecule has 0 saturated carbocycles. The molecule has 1 atom stereocenters. The fraction of sp³-hybridized carbons (Fsp3) is 0.280. The van der Waals surface area contributed by atoms with E-state index in [1.54, 1.807) is 48.7 Å². The van der Waals surface area contributed by atoms with Crippen molar-refractivity contribution < 1.29 is 33.0 Å². The smallest absolute Gasteiger partial charge is 0.407 e. The highest BCUT2D eigenvalue weighted by molar-refractivity contribution is 6.08. The molecule has 0 spiro atoms. The van der Waals surface area contributed by atoms with Gasteiger partial charge in [-0.3, -0.25) is 9.59 Å². The van der Waals surface area contributed by atoms with Crippen LogP contribution in [0.1, 0.15) is 18.4 Å². The maximum absolute atomic E-state index is 12.4. The molecule has 0 radical (unpaired) electrons. The number of hydrogen-bond donors (Lipinski definition) is 3. The molecule has 4 rings (SSSR count). The first kappa shape index (κ1) is 24.7. The summed E-state index contributed by atoms with van der Waals surface area (Å²) in [4.78, 5) is 40.6. The van der Waals surface area contributed by atoms with E-state index in [1.807, 2.05) is 0 Å². The predicted molar refractivity (Wildman–Crippen MR) is 129 cm³/mol. The third-order valence-corrected chi connectivity index (χ3v) is 5.31. The lowest BCUT2D eigenvalue weighted by molar-refractivity contribution is -0.123. The molecule has 1 saturated heterocycles. The quantitative estimate of drug-likeness (QED) is 0.385. The van der Waals surface area contributed by atoms with Gasteiger partial charge in [0.25, 0.3) is 0 Å². The standard InChI is InChI=1S/C25H26N4O7/c1-33-21-10-18(5-6-20(21)22-13-26-15-35-22)29-24(31)11-23(30)28-17-4-2-3-16(9-17)12-27-25(32)36-19-7-8-34-14-19/h2-6,9-10,13,15,19H,7-8,11-12,14H2,1H3,(H,27,32)(H,28,30)(H,29,31). The van der Waals surface area contributed by atoms with Crippen LogP contribution in [0.15, 0.2) is 59.5 Å². The highest BCUT2D eigenvalue weighted by Crippen LogP contribution is 2.32. The van der Waals surface area contributed by atoms with Crippen LogP contribution >= 0.6 is 0 Å². The Morgan fingerprint density at radius 2 is 1.89 bits per heavy atom. The fourth-order valence-corrected chi connectivity index (χ4v) is 3.61. The van der Waals surface area contributed by atoms with Gasteiger partial charge in [-0.1, -0.05) is 12.1 Å². The SMILES string of the molecule is COc1cc(NC(=O)CC(=O)Nc2cccc(CNC(=O)OC3CCOC3)c2)ccc1-c1cnco1. The second-order valence-corrected chi connectivity index (χ2v) is 8.00. The van der Waals surface area contributed by atoms with Gasteiger partial charge in [0.15, 0.2) is 12.2 Å². The zero-order valence-electron chi connectivity index (χ0n) is 19.6. The Morgan fingerprint density at radius 3 is 2.58 bits per heavy atom. The molecule has 0 aliphatic carbocycles. The Balaban J connectivity index is 1.26. The number of carbonyl (C=O) groups excluding carboxylic acids is 3. The molecule has 3 amide bonds. The van der Waals surface area contributed by atoms with E-state index in [2.05, 4.69) is 20.9 Å². The van der Waals surface area contributed by atoms with Gasteiger partial charge in [0.1, 0.15) is 18.3 Å². The largest absolute Gasteiger partial charge is 0.496 e. The Labute approximate surface area is 207 Å². The summed E-state index contributed by atoms with van der Waals surface area (Å²) in [6.07, 6.45) is 2.42. The molecule has 0 bridgehead atoms. The number of benzene rings is 2. The van der Waals surface area contributed by atoms with Crippen LogP contribution in [0.3, 0.4) is 0 Å². The molecule has 11 heteroatoms. The van der Waals surface area contributed by atoms with Gasteiger partial charge in [-0.25, -0.2) is 9.78 Å². The molecule has 1 unspecified atom stereocenters. The van der Waals surface area contributed by atoms with Gasteiger partial charge in [0.05, 0.1) is 32.1 Å². The van der Waals surface area contributed by atoms with Gasteiger partial charge in [0.2, 0.25) is 11.8 Å². The molecular weight excluding hydrogens is 468 g/mol. The van der Waals surface area contributed by atoms with Gasteiger partial charge in [-0.15, -0.1) is 0 Å². The molecule has 2 aromatic carbocycles. The van der Waals surface area contributed by atoms with E-state index in [9.17, 15) is 14.4 Å². The lowest BCUT2D eigenvalue weighted by Crippen LogP contribution is -2.28. The normalized spacial score (nSPS) is 14.6. The number of rotatable bonds is 9. The highest BCUT2D eigenvalue weighted by Gasteiger charge is 2.19. The monoisotopic (exact) mass is 494 g/mol. The summed E-state index contributed by atoms with van der Waals surface area (Å²) in [7, 11) is 1.51. The topological polar surface area (TPSA) is 141 Å². The lowest BCUT2D eigenvalue weighted by Gasteiger charge is -2.12. The van der Waals surface area contributed by atoms with Crippen LogP contribution in [0, 0.1) is 0 Å². The van der Waals surface area contributed by atoms with Crippen LogP contribution < -0.4 is 20.7 Å². The summed E-state index contributed by atoms with van der Waals surface area (Å²) in [5.74, 6) is 0.0450. The van der Waals surface area contributed by atoms with Crippen molar-refractivity contribution in [1.82, 2.24) is 10.3 Å². The molecule has 36 heavy (non-hydrogen) atoms. The van der Waals surface area contributed by atoms with E-state index in [-0.39, 0.29) is 19.1 Å². The summed E-state index contributed by atoms with van der Waals surface area (Å²) >= 11 is 0. The molecule has 3 N–H and O–H groups in total. The van der Waals surface area contributed by atoms with Gasteiger partial charge < -0.3 is 34.6 Å². The highest BCUT2D eigenvalue weighted by atomic mass is 16.6. The minimum absolute atomic E-state index is 0.225. The molecule has 3 aromatic rings. The number of ether oxygens (including phenoxy) is 3. The number of nitrogens with one attached hydrogen (secondary N) is 3. The number of methoxy groups -OCH3 is 1. The van der Waals surface area contributed by atoms with E-state index < -0.39 is 17.9 Å². The maximum Gasteiger partial charge on any atom is 0.407 e. The first-order valence-electron chi connectivity index (χ1n) is 11.3. The molecule has 1 aromatic heterocycles. The third kappa shape index (κ3) is 6.83. The molecule has 1 aliphatic rings. The van der Waals surface area contributed by atoms with Crippen molar-refractivity contribution in [2.75, 3.05) is 31.0 Å². The van der Waals surface area contributed by atoms with E-state index in [0.29, 0.717) is 48.1 Å². The van der Waals surface area contributed by atoms with E-state index in [0.717, 1.165) is 5.56 Å². The van der Waals surface area contributed by atoms with Crippen LogP contribution in [-0.2, 0) is 25.6 Å². The first-order valence-corrected chi connectivity index (χ1v) is 11.3. The van der Waals surface area contributed by atoms with Crippen molar-refractivity contribution in [3.8, 4) is 17.1 Å². The Hall–Kier alpha value is -4.38. The summed E-state index contributed by atoms with van der Waals surface area (Å²) in [6, 6.07) is 12.0. The minimum Gasteiger partial charge on any atom is -0.496 e. The van der Waals surface area contributed by atoms with Gasteiger partial charge in [0, 0.05) is 30.4 Å². The number of amides is 3. The van der Waals surface area contributed by atoms with Crippen LogP contribution in [0.25, 0.3) is 11.3 Å². The van der Waals surface area contributed by atoms with Gasteiger partial charge in [-0.2, -0.15) is 0 Å². The second kappa shape index (κ2) is 11.8. The van der Waals surface area contributed by atoms with Gasteiger partial charge in [-0.05, 0) is 29.8 Å². The summed E-state index contributed by atoms with van der Waals surface area (Å²) < 4.78 is 21.1. The van der Waals surface area contributed by atoms with E-state index in [4.69, 9.17) is 18.6 Å². The predicted octanol–water partition coefficient (Wildman–Crippen LogP) is 3.33. The third-order valence-electron chi connectivity index (χ3n) is 5.31. The zero-order chi connectivity index (χ0) is 25.3.